The molecule has 1 saturated heterocycles. The first-order chi connectivity index (χ1) is 12.6. The molecule has 0 saturated carbocycles. The van der Waals surface area contributed by atoms with Crippen molar-refractivity contribution in [2.75, 3.05) is 31.1 Å². The maximum atomic E-state index is 12.9. The number of amides is 1. The summed E-state index contributed by atoms with van der Waals surface area (Å²) in [4.78, 5) is 37.6. The summed E-state index contributed by atoms with van der Waals surface area (Å²) in [5, 5.41) is 4.46. The van der Waals surface area contributed by atoms with Crippen molar-refractivity contribution in [3.8, 4) is 0 Å². The van der Waals surface area contributed by atoms with Crippen molar-refractivity contribution in [3.63, 3.8) is 0 Å². The molecule has 1 fully saturated rings. The summed E-state index contributed by atoms with van der Waals surface area (Å²) in [7, 11) is 0. The van der Waals surface area contributed by atoms with Crippen LogP contribution in [0, 0.1) is 0 Å². The van der Waals surface area contributed by atoms with Crippen LogP contribution in [0.2, 0.25) is 0 Å². The van der Waals surface area contributed by atoms with Gasteiger partial charge < -0.3 is 9.80 Å². The predicted molar refractivity (Wildman–Crippen MR) is 96.1 cm³/mol. The van der Waals surface area contributed by atoms with Crippen LogP contribution in [0.1, 0.15) is 30.6 Å². The van der Waals surface area contributed by atoms with E-state index in [1.54, 1.807) is 36.4 Å². The highest BCUT2D eigenvalue weighted by Crippen LogP contribution is 2.19. The third kappa shape index (κ3) is 3.07. The first-order valence-corrected chi connectivity index (χ1v) is 9.06. The van der Waals surface area contributed by atoms with E-state index in [-0.39, 0.29) is 11.5 Å². The molecule has 2 aromatic rings. The summed E-state index contributed by atoms with van der Waals surface area (Å²) in [5.74, 6) is 0.621. The number of hydrogen-bond donors (Lipinski definition) is 0. The van der Waals surface area contributed by atoms with Gasteiger partial charge in [-0.05, 0) is 37.8 Å². The van der Waals surface area contributed by atoms with E-state index < -0.39 is 6.04 Å². The van der Waals surface area contributed by atoms with Crippen LogP contribution in [0.5, 0.6) is 0 Å². The molecule has 2 aromatic heterocycles. The molecule has 1 aliphatic heterocycles. The lowest BCUT2D eigenvalue weighted by Crippen LogP contribution is -2.51. The van der Waals surface area contributed by atoms with Crippen LogP contribution < -0.4 is 10.5 Å². The topological polar surface area (TPSA) is 84.2 Å². The first kappa shape index (κ1) is 16.7. The molecular weight excluding hydrogens is 332 g/mol. The third-order valence-corrected chi connectivity index (χ3v) is 5.13. The van der Waals surface area contributed by atoms with E-state index in [2.05, 4.69) is 20.0 Å². The quantitative estimate of drug-likeness (QED) is 0.795. The number of nitrogens with zero attached hydrogens (tertiary/aromatic N) is 6. The van der Waals surface area contributed by atoms with Gasteiger partial charge in [-0.2, -0.15) is 5.10 Å². The van der Waals surface area contributed by atoms with E-state index in [1.165, 1.54) is 4.68 Å². The van der Waals surface area contributed by atoms with Gasteiger partial charge in [-0.3, -0.25) is 9.59 Å². The second-order valence-corrected chi connectivity index (χ2v) is 6.79. The van der Waals surface area contributed by atoms with Gasteiger partial charge in [-0.25, -0.2) is 14.6 Å². The summed E-state index contributed by atoms with van der Waals surface area (Å²) in [6.45, 7) is 4.27. The number of rotatable bonds is 3. The van der Waals surface area contributed by atoms with Crippen molar-refractivity contribution >= 4 is 11.9 Å². The standard InChI is InChI=1S/C18H22N6O2/c1-13(24-16(25)12-14-4-2-5-15(14)21-24)17(26)22-8-10-23(11-9-22)18-19-6-3-7-20-18/h3,6-7,12-13H,2,4-5,8-11H2,1H3. The number of carbonyl (C=O) groups is 1. The van der Waals surface area contributed by atoms with Crippen LogP contribution in [0.4, 0.5) is 5.95 Å². The van der Waals surface area contributed by atoms with E-state index in [9.17, 15) is 9.59 Å². The molecule has 0 aromatic carbocycles. The van der Waals surface area contributed by atoms with Crippen LogP contribution in [-0.4, -0.2) is 56.7 Å². The normalized spacial score (nSPS) is 17.9. The van der Waals surface area contributed by atoms with Gasteiger partial charge in [0.2, 0.25) is 11.9 Å². The number of fused-ring (bicyclic) bond motifs is 1. The lowest BCUT2D eigenvalue weighted by molar-refractivity contribution is -0.135. The Kier molecular flexibility index (Phi) is 4.40. The van der Waals surface area contributed by atoms with Crippen LogP contribution in [0.15, 0.2) is 29.3 Å². The Morgan fingerprint density at radius 1 is 1.12 bits per heavy atom. The Labute approximate surface area is 151 Å². The fraction of sp³-hybridized carbons (Fsp3) is 0.500. The average molecular weight is 354 g/mol. The maximum Gasteiger partial charge on any atom is 0.267 e. The monoisotopic (exact) mass is 354 g/mol. The van der Waals surface area contributed by atoms with E-state index in [0.717, 1.165) is 30.5 Å². The zero-order valence-electron chi connectivity index (χ0n) is 14.8. The summed E-state index contributed by atoms with van der Waals surface area (Å²) < 4.78 is 1.35. The minimum atomic E-state index is -0.590. The lowest BCUT2D eigenvalue weighted by atomic mass is 10.2. The minimum Gasteiger partial charge on any atom is -0.337 e. The largest absolute Gasteiger partial charge is 0.337 e. The van der Waals surface area contributed by atoms with Gasteiger partial charge in [0.05, 0.1) is 5.69 Å². The Morgan fingerprint density at radius 2 is 1.85 bits per heavy atom. The average Bonchev–Trinajstić information content (AvgIpc) is 3.14. The van der Waals surface area contributed by atoms with Crippen molar-refractivity contribution in [3.05, 3.63) is 46.1 Å². The van der Waals surface area contributed by atoms with Crippen molar-refractivity contribution in [1.82, 2.24) is 24.6 Å². The van der Waals surface area contributed by atoms with Gasteiger partial charge in [-0.1, -0.05) is 0 Å². The molecule has 1 atom stereocenters. The van der Waals surface area contributed by atoms with Crippen molar-refractivity contribution in [2.45, 2.75) is 32.2 Å². The smallest absolute Gasteiger partial charge is 0.267 e. The van der Waals surface area contributed by atoms with Gasteiger partial charge in [0.15, 0.2) is 0 Å². The Hall–Kier alpha value is -2.77. The van der Waals surface area contributed by atoms with E-state index in [0.29, 0.717) is 32.1 Å². The predicted octanol–water partition coefficient (Wildman–Crippen LogP) is 0.432. The lowest BCUT2D eigenvalue weighted by Gasteiger charge is -2.35. The number of aryl methyl sites for hydroxylation is 2. The summed E-state index contributed by atoms with van der Waals surface area (Å²) in [6, 6.07) is 2.84. The van der Waals surface area contributed by atoms with Gasteiger partial charge >= 0.3 is 0 Å². The zero-order chi connectivity index (χ0) is 18.1. The van der Waals surface area contributed by atoms with Gasteiger partial charge in [0, 0.05) is 44.6 Å². The van der Waals surface area contributed by atoms with Crippen molar-refractivity contribution < 1.29 is 4.79 Å². The molecule has 26 heavy (non-hydrogen) atoms. The van der Waals surface area contributed by atoms with Crippen LogP contribution >= 0.6 is 0 Å². The van der Waals surface area contributed by atoms with Crippen molar-refractivity contribution in [2.24, 2.45) is 0 Å². The summed E-state index contributed by atoms with van der Waals surface area (Å²) >= 11 is 0. The molecule has 0 radical (unpaired) electrons. The van der Waals surface area contributed by atoms with Crippen LogP contribution in [0.25, 0.3) is 0 Å². The van der Waals surface area contributed by atoms with Gasteiger partial charge in [-0.15, -0.1) is 0 Å². The molecule has 8 nitrogen and oxygen atoms in total. The number of aromatic nitrogens is 4. The fourth-order valence-electron chi connectivity index (χ4n) is 3.64. The highest BCUT2D eigenvalue weighted by molar-refractivity contribution is 5.80. The maximum absolute atomic E-state index is 12.9. The third-order valence-electron chi connectivity index (χ3n) is 5.13. The SMILES string of the molecule is CC(C(=O)N1CCN(c2ncccn2)CC1)n1nc2c(cc1=O)CCC2. The molecule has 1 unspecified atom stereocenters. The second-order valence-electron chi connectivity index (χ2n) is 6.79. The number of piperazine rings is 1. The van der Waals surface area contributed by atoms with E-state index in [4.69, 9.17) is 0 Å². The molecule has 1 amide bonds. The number of hydrogen-bond acceptors (Lipinski definition) is 6. The Bertz CT molecular complexity index is 858. The first-order valence-electron chi connectivity index (χ1n) is 9.06. The molecule has 3 heterocycles. The molecule has 136 valence electrons. The van der Waals surface area contributed by atoms with Crippen molar-refractivity contribution in [1.29, 1.82) is 0 Å². The highest BCUT2D eigenvalue weighted by Gasteiger charge is 2.28. The number of anilines is 1. The molecule has 8 heteroatoms. The molecule has 0 spiro atoms. The summed E-state index contributed by atoms with van der Waals surface area (Å²) in [6.07, 6.45) is 6.25. The molecule has 2 aliphatic rings. The number of carbonyl (C=O) groups excluding carboxylic acids is 1. The minimum absolute atomic E-state index is 0.0637. The second kappa shape index (κ2) is 6.86. The fourth-order valence-corrected chi connectivity index (χ4v) is 3.64. The summed E-state index contributed by atoms with van der Waals surface area (Å²) in [5.41, 5.74) is 1.79. The Morgan fingerprint density at radius 3 is 2.58 bits per heavy atom. The molecule has 0 N–H and O–H groups in total. The molecule has 4 rings (SSSR count). The molecular formula is C18H22N6O2. The van der Waals surface area contributed by atoms with Crippen LogP contribution in [0.3, 0.4) is 0 Å². The zero-order valence-corrected chi connectivity index (χ0v) is 14.8. The van der Waals surface area contributed by atoms with E-state index in [1.807, 2.05) is 0 Å². The van der Waals surface area contributed by atoms with E-state index >= 15 is 0 Å². The molecule has 0 bridgehead atoms. The molecule has 1 aliphatic carbocycles. The van der Waals surface area contributed by atoms with Gasteiger partial charge in [0.1, 0.15) is 6.04 Å². The van der Waals surface area contributed by atoms with Crippen LogP contribution in [-0.2, 0) is 17.6 Å². The Balaban J connectivity index is 1.45. The van der Waals surface area contributed by atoms with Gasteiger partial charge in [0.25, 0.3) is 5.56 Å². The highest BCUT2D eigenvalue weighted by atomic mass is 16.2.